The van der Waals surface area contributed by atoms with Gasteiger partial charge in [0, 0.05) is 12.2 Å². The molecule has 4 nitrogen and oxygen atoms in total. The second kappa shape index (κ2) is 8.67. The van der Waals surface area contributed by atoms with Crippen LogP contribution >= 0.6 is 0 Å². The second-order valence-corrected chi connectivity index (χ2v) is 4.90. The number of nitrogens with two attached hydrogens (primary N) is 1. The van der Waals surface area contributed by atoms with E-state index < -0.39 is 0 Å². The lowest BCUT2D eigenvalue weighted by atomic mass is 10.2. The molecule has 0 bridgehead atoms. The molecule has 4 heteroatoms. The number of rotatable bonds is 8. The van der Waals surface area contributed by atoms with E-state index in [0.717, 1.165) is 24.2 Å². The van der Waals surface area contributed by atoms with Crippen LogP contribution in [0.1, 0.15) is 31.7 Å². The number of anilines is 1. The number of carbonyl (C=O) groups excluding carboxylic acids is 1. The Balaban J connectivity index is 2.37. The van der Waals surface area contributed by atoms with E-state index in [4.69, 9.17) is 5.73 Å². The molecule has 0 fully saturated rings. The van der Waals surface area contributed by atoms with Gasteiger partial charge >= 0.3 is 0 Å². The number of hydrogen-bond acceptors (Lipinski definition) is 3. The number of hydrogen-bond donors (Lipinski definition) is 2. The lowest BCUT2D eigenvalue weighted by Gasteiger charge is -2.16. The molecule has 0 radical (unpaired) electrons. The van der Waals surface area contributed by atoms with Gasteiger partial charge in [-0.25, -0.2) is 0 Å². The van der Waals surface area contributed by atoms with Crippen molar-refractivity contribution in [3.8, 4) is 0 Å². The quantitative estimate of drug-likeness (QED) is 0.707. The molecule has 0 unspecified atom stereocenters. The lowest BCUT2D eigenvalue weighted by Crippen LogP contribution is -2.30. The van der Waals surface area contributed by atoms with Crippen molar-refractivity contribution in [1.82, 2.24) is 4.90 Å². The second-order valence-electron chi connectivity index (χ2n) is 4.90. The van der Waals surface area contributed by atoms with E-state index >= 15 is 0 Å². The van der Waals surface area contributed by atoms with E-state index in [-0.39, 0.29) is 5.91 Å². The molecule has 1 rings (SSSR count). The van der Waals surface area contributed by atoms with Crippen molar-refractivity contribution in [2.75, 3.05) is 25.5 Å². The molecule has 0 spiro atoms. The van der Waals surface area contributed by atoms with Crippen molar-refractivity contribution in [2.45, 2.75) is 32.7 Å². The first kappa shape index (κ1) is 15.7. The van der Waals surface area contributed by atoms with Crippen LogP contribution in [0.4, 0.5) is 5.69 Å². The average molecular weight is 263 g/mol. The minimum atomic E-state index is 0.0215. The minimum Gasteiger partial charge on any atom is -0.326 e. The van der Waals surface area contributed by atoms with Gasteiger partial charge in [-0.05, 0) is 37.7 Å². The largest absolute Gasteiger partial charge is 0.326 e. The van der Waals surface area contributed by atoms with Gasteiger partial charge in [-0.3, -0.25) is 9.69 Å². The van der Waals surface area contributed by atoms with Crippen molar-refractivity contribution in [3.63, 3.8) is 0 Å². The Labute approximate surface area is 116 Å². The number of carbonyl (C=O) groups is 1. The van der Waals surface area contributed by atoms with Crippen LogP contribution in [-0.2, 0) is 11.3 Å². The monoisotopic (exact) mass is 263 g/mol. The summed E-state index contributed by atoms with van der Waals surface area (Å²) in [6.45, 7) is 4.05. The van der Waals surface area contributed by atoms with Crippen LogP contribution in [0.2, 0.25) is 0 Å². The summed E-state index contributed by atoms with van der Waals surface area (Å²) in [7, 11) is 1.98. The molecule has 0 saturated heterocycles. The Morgan fingerprint density at radius 3 is 2.84 bits per heavy atom. The summed E-state index contributed by atoms with van der Waals surface area (Å²) >= 11 is 0. The molecule has 106 valence electrons. The fourth-order valence-electron chi connectivity index (χ4n) is 1.93. The summed E-state index contributed by atoms with van der Waals surface area (Å²) in [5.41, 5.74) is 7.41. The third kappa shape index (κ3) is 6.36. The fraction of sp³-hybridized carbons (Fsp3) is 0.533. The van der Waals surface area contributed by atoms with Gasteiger partial charge in [0.1, 0.15) is 0 Å². The van der Waals surface area contributed by atoms with Crippen LogP contribution in [0.3, 0.4) is 0 Å². The Hall–Kier alpha value is -1.39. The lowest BCUT2D eigenvalue weighted by molar-refractivity contribution is -0.117. The van der Waals surface area contributed by atoms with Gasteiger partial charge in [0.2, 0.25) is 5.91 Å². The zero-order chi connectivity index (χ0) is 14.1. The summed E-state index contributed by atoms with van der Waals surface area (Å²) in [6.07, 6.45) is 3.55. The van der Waals surface area contributed by atoms with Gasteiger partial charge in [0.15, 0.2) is 0 Å². The number of unbranched alkanes of at least 4 members (excludes halogenated alkanes) is 2. The summed E-state index contributed by atoms with van der Waals surface area (Å²) < 4.78 is 0. The van der Waals surface area contributed by atoms with Gasteiger partial charge in [0.25, 0.3) is 0 Å². The van der Waals surface area contributed by atoms with Crippen LogP contribution in [0, 0.1) is 0 Å². The molecule has 0 atom stereocenters. The van der Waals surface area contributed by atoms with Crippen molar-refractivity contribution >= 4 is 11.6 Å². The van der Waals surface area contributed by atoms with Crippen LogP contribution < -0.4 is 11.1 Å². The van der Waals surface area contributed by atoms with E-state index in [1.807, 2.05) is 31.3 Å². The Morgan fingerprint density at radius 2 is 2.16 bits per heavy atom. The summed E-state index contributed by atoms with van der Waals surface area (Å²) in [4.78, 5) is 13.9. The highest BCUT2D eigenvalue weighted by atomic mass is 16.2. The maximum atomic E-state index is 11.9. The van der Waals surface area contributed by atoms with Crippen molar-refractivity contribution < 1.29 is 4.79 Å². The number of nitrogens with one attached hydrogen (secondary N) is 1. The van der Waals surface area contributed by atoms with Crippen LogP contribution in [0.25, 0.3) is 0 Å². The summed E-state index contributed by atoms with van der Waals surface area (Å²) in [5, 5.41) is 2.90. The predicted molar refractivity (Wildman–Crippen MR) is 80.0 cm³/mol. The van der Waals surface area contributed by atoms with E-state index in [2.05, 4.69) is 17.1 Å². The molecule has 3 N–H and O–H groups in total. The zero-order valence-corrected chi connectivity index (χ0v) is 12.0. The van der Waals surface area contributed by atoms with Crippen LogP contribution in [0.15, 0.2) is 24.3 Å². The Bertz CT molecular complexity index is 393. The van der Waals surface area contributed by atoms with Gasteiger partial charge in [-0.15, -0.1) is 0 Å². The SMILES string of the molecule is CCCCCN(C)CC(=O)Nc1cccc(CN)c1. The zero-order valence-electron chi connectivity index (χ0n) is 12.0. The van der Waals surface area contributed by atoms with Gasteiger partial charge in [-0.2, -0.15) is 0 Å². The van der Waals surface area contributed by atoms with E-state index in [9.17, 15) is 4.79 Å². The molecular formula is C15H25N3O. The van der Waals surface area contributed by atoms with Gasteiger partial charge in [0.05, 0.1) is 6.54 Å². The first-order valence-electron chi connectivity index (χ1n) is 6.93. The predicted octanol–water partition coefficient (Wildman–Crippen LogP) is 2.21. The maximum Gasteiger partial charge on any atom is 0.238 e. The summed E-state index contributed by atoms with van der Waals surface area (Å²) in [5.74, 6) is 0.0215. The summed E-state index contributed by atoms with van der Waals surface area (Å²) in [6, 6.07) is 7.65. The third-order valence-electron chi connectivity index (χ3n) is 3.00. The number of nitrogens with zero attached hydrogens (tertiary/aromatic N) is 1. The fourth-order valence-corrected chi connectivity index (χ4v) is 1.93. The molecule has 0 aliphatic heterocycles. The van der Waals surface area contributed by atoms with Crippen LogP contribution in [0.5, 0.6) is 0 Å². The molecule has 1 aromatic carbocycles. The van der Waals surface area contributed by atoms with E-state index in [0.29, 0.717) is 13.1 Å². The van der Waals surface area contributed by atoms with E-state index in [1.165, 1.54) is 12.8 Å². The normalized spacial score (nSPS) is 10.7. The maximum absolute atomic E-state index is 11.9. The Kier molecular flexibility index (Phi) is 7.15. The first-order valence-corrected chi connectivity index (χ1v) is 6.93. The number of benzene rings is 1. The molecule has 0 aliphatic carbocycles. The average Bonchev–Trinajstić information content (AvgIpc) is 2.39. The molecular weight excluding hydrogens is 238 g/mol. The smallest absolute Gasteiger partial charge is 0.238 e. The highest BCUT2D eigenvalue weighted by molar-refractivity contribution is 5.92. The molecule has 19 heavy (non-hydrogen) atoms. The highest BCUT2D eigenvalue weighted by Crippen LogP contribution is 2.10. The van der Waals surface area contributed by atoms with E-state index in [1.54, 1.807) is 0 Å². The van der Waals surface area contributed by atoms with Gasteiger partial charge in [-0.1, -0.05) is 31.9 Å². The van der Waals surface area contributed by atoms with Gasteiger partial charge < -0.3 is 11.1 Å². The third-order valence-corrected chi connectivity index (χ3v) is 3.00. The van der Waals surface area contributed by atoms with Crippen molar-refractivity contribution in [1.29, 1.82) is 0 Å². The molecule has 1 amide bonds. The highest BCUT2D eigenvalue weighted by Gasteiger charge is 2.06. The minimum absolute atomic E-state index is 0.0215. The molecule has 0 aliphatic rings. The molecule has 1 aromatic rings. The van der Waals surface area contributed by atoms with Crippen LogP contribution in [-0.4, -0.2) is 30.9 Å². The standard InChI is InChI=1S/C15H25N3O/c1-3-4-5-9-18(2)12-15(19)17-14-8-6-7-13(10-14)11-16/h6-8,10H,3-5,9,11-12,16H2,1-2H3,(H,17,19). The van der Waals surface area contributed by atoms with Crippen molar-refractivity contribution in [3.05, 3.63) is 29.8 Å². The first-order chi connectivity index (χ1) is 9.15. The molecule has 0 saturated carbocycles. The number of likely N-dealkylation sites (N-methyl/N-ethyl adjacent to an activating group) is 1. The topological polar surface area (TPSA) is 58.4 Å². The Morgan fingerprint density at radius 1 is 1.37 bits per heavy atom. The molecule has 0 aromatic heterocycles. The van der Waals surface area contributed by atoms with Crippen molar-refractivity contribution in [2.24, 2.45) is 5.73 Å². The molecule has 0 heterocycles. The number of amides is 1.